The fourth-order valence-corrected chi connectivity index (χ4v) is 3.51. The number of amides is 1. The van der Waals surface area contributed by atoms with Crippen LogP contribution in [-0.2, 0) is 21.2 Å². The Hall–Kier alpha value is -1.20. The Morgan fingerprint density at radius 3 is 2.33 bits per heavy atom. The zero-order chi connectivity index (χ0) is 16.0. The molecule has 2 N–H and O–H groups in total. The first kappa shape index (κ1) is 17.9. The smallest absolute Gasteiger partial charge is 0.235 e. The number of carbonyl (C=O) groups is 1. The van der Waals surface area contributed by atoms with Crippen molar-refractivity contribution in [3.05, 3.63) is 29.8 Å². The largest absolute Gasteiger partial charge is 0.325 e. The van der Waals surface area contributed by atoms with E-state index in [0.29, 0.717) is 0 Å². The van der Waals surface area contributed by atoms with E-state index in [2.05, 4.69) is 10.0 Å². The summed E-state index contributed by atoms with van der Waals surface area (Å²) < 4.78 is 14.1. The molecule has 2 aliphatic rings. The van der Waals surface area contributed by atoms with Gasteiger partial charge in [-0.2, -0.15) is 0 Å². The van der Waals surface area contributed by atoms with Gasteiger partial charge in [0.25, 0.3) is 0 Å². The van der Waals surface area contributed by atoms with Crippen LogP contribution in [0.4, 0.5) is 5.69 Å². The maximum Gasteiger partial charge on any atom is 0.235 e. The lowest BCUT2D eigenvalue weighted by molar-refractivity contribution is -0.124. The topological polar surface area (TPSA) is 58.2 Å². The van der Waals surface area contributed by atoms with Gasteiger partial charge in [0.2, 0.25) is 5.91 Å². The molecular formula is C16H26N2O2S. The lowest BCUT2D eigenvalue weighted by Crippen LogP contribution is -2.55. The van der Waals surface area contributed by atoms with E-state index in [1.165, 1.54) is 0 Å². The summed E-state index contributed by atoms with van der Waals surface area (Å²) >= 11 is 0. The highest BCUT2D eigenvalue weighted by Crippen LogP contribution is 2.50. The Morgan fingerprint density at radius 1 is 1.19 bits per heavy atom. The van der Waals surface area contributed by atoms with E-state index in [1.807, 2.05) is 52.0 Å². The van der Waals surface area contributed by atoms with E-state index < -0.39 is 11.0 Å². The van der Waals surface area contributed by atoms with Crippen molar-refractivity contribution in [1.29, 1.82) is 0 Å². The molecule has 1 unspecified atom stereocenters. The number of para-hydroxylation sites is 1. The van der Waals surface area contributed by atoms with Gasteiger partial charge < -0.3 is 5.32 Å². The number of carbonyl (C=O) groups excluding carboxylic acids is 1. The summed E-state index contributed by atoms with van der Waals surface area (Å²) in [7, 11) is -1.01. The number of hydrogen-bond acceptors (Lipinski definition) is 2. The molecule has 1 amide bonds. The average Bonchev–Trinajstić information content (AvgIpc) is 2.75. The predicted octanol–water partition coefficient (Wildman–Crippen LogP) is 2.97. The van der Waals surface area contributed by atoms with Crippen LogP contribution in [0.2, 0.25) is 0 Å². The molecule has 1 atom stereocenters. The van der Waals surface area contributed by atoms with Gasteiger partial charge in [0, 0.05) is 18.0 Å². The molecule has 0 radical (unpaired) electrons. The number of benzene rings is 1. The Morgan fingerprint density at radius 2 is 1.76 bits per heavy atom. The molecule has 1 saturated carbocycles. The molecule has 5 heteroatoms. The van der Waals surface area contributed by atoms with E-state index in [9.17, 15) is 9.00 Å². The van der Waals surface area contributed by atoms with E-state index in [-0.39, 0.29) is 17.4 Å². The SMILES string of the molecule is CC.CC.CS(=O)NC1CC2(C1)C(=O)Nc1ccccc12. The summed E-state index contributed by atoms with van der Waals surface area (Å²) in [5, 5.41) is 2.92. The van der Waals surface area contributed by atoms with Gasteiger partial charge in [-0.05, 0) is 24.5 Å². The second kappa shape index (κ2) is 7.71. The highest BCUT2D eigenvalue weighted by Gasteiger charge is 2.55. The summed E-state index contributed by atoms with van der Waals surface area (Å²) in [4.78, 5) is 12.1. The number of fused-ring (bicyclic) bond motifs is 2. The molecule has 1 heterocycles. The van der Waals surface area contributed by atoms with Crippen molar-refractivity contribution in [1.82, 2.24) is 4.72 Å². The number of nitrogens with one attached hydrogen (secondary N) is 2. The minimum atomic E-state index is -1.01. The van der Waals surface area contributed by atoms with Crippen LogP contribution < -0.4 is 10.0 Å². The normalized spacial score (nSPS) is 26.3. The Bertz CT molecular complexity index is 511. The van der Waals surface area contributed by atoms with Gasteiger partial charge in [0.1, 0.15) is 0 Å². The minimum Gasteiger partial charge on any atom is -0.325 e. The molecule has 1 aromatic rings. The first-order valence-corrected chi connectivity index (χ1v) is 9.18. The first-order valence-electron chi connectivity index (χ1n) is 7.62. The maximum atomic E-state index is 12.1. The zero-order valence-electron chi connectivity index (χ0n) is 13.5. The van der Waals surface area contributed by atoms with Gasteiger partial charge in [-0.3, -0.25) is 4.79 Å². The fraction of sp³-hybridized carbons (Fsp3) is 0.562. The first-order chi connectivity index (χ1) is 10.1. The molecule has 0 aromatic heterocycles. The van der Waals surface area contributed by atoms with Crippen LogP contribution in [0, 0.1) is 0 Å². The lowest BCUT2D eigenvalue weighted by Gasteiger charge is -2.43. The van der Waals surface area contributed by atoms with Crippen LogP contribution in [0.1, 0.15) is 46.1 Å². The second-order valence-electron chi connectivity index (χ2n) is 4.76. The molecule has 118 valence electrons. The third kappa shape index (κ3) is 3.35. The van der Waals surface area contributed by atoms with Crippen LogP contribution in [0.25, 0.3) is 0 Å². The standard InChI is InChI=1S/C12H14N2O2S.2C2H6/c1-17(16)14-8-6-12(7-8)9-4-2-3-5-10(9)13-11(12)15;2*1-2/h2-5,8,14H,6-7H2,1H3,(H,13,15);2*1-2H3. The molecule has 0 saturated heterocycles. The molecule has 3 rings (SSSR count). The molecule has 0 bridgehead atoms. The van der Waals surface area contributed by atoms with E-state index >= 15 is 0 Å². The van der Waals surface area contributed by atoms with Crippen LogP contribution in [-0.4, -0.2) is 22.4 Å². The highest BCUT2D eigenvalue weighted by molar-refractivity contribution is 7.82. The third-order valence-corrected chi connectivity index (χ3v) is 4.31. The third-order valence-electron chi connectivity index (χ3n) is 3.65. The molecule has 1 spiro atoms. The van der Waals surface area contributed by atoms with Crippen LogP contribution >= 0.6 is 0 Å². The van der Waals surface area contributed by atoms with Crippen LogP contribution in [0.5, 0.6) is 0 Å². The summed E-state index contributed by atoms with van der Waals surface area (Å²) in [5.41, 5.74) is 1.63. The van der Waals surface area contributed by atoms with Gasteiger partial charge in [-0.25, -0.2) is 8.93 Å². The average molecular weight is 310 g/mol. The predicted molar refractivity (Wildman–Crippen MR) is 89.7 cm³/mol. The van der Waals surface area contributed by atoms with E-state index in [0.717, 1.165) is 24.1 Å². The van der Waals surface area contributed by atoms with Crippen LogP contribution in [0.15, 0.2) is 24.3 Å². The molecule has 1 fully saturated rings. The quantitative estimate of drug-likeness (QED) is 0.882. The number of hydrogen-bond donors (Lipinski definition) is 2. The van der Waals surface area contributed by atoms with Crippen molar-refractivity contribution >= 4 is 22.6 Å². The van der Waals surface area contributed by atoms with Gasteiger partial charge in [0.05, 0.1) is 16.4 Å². The Balaban J connectivity index is 0.000000510. The van der Waals surface area contributed by atoms with Gasteiger partial charge in [-0.1, -0.05) is 45.9 Å². The van der Waals surface area contributed by atoms with Crippen molar-refractivity contribution in [2.24, 2.45) is 0 Å². The van der Waals surface area contributed by atoms with Crippen molar-refractivity contribution in [2.45, 2.75) is 52.0 Å². The highest BCUT2D eigenvalue weighted by atomic mass is 32.2. The van der Waals surface area contributed by atoms with E-state index in [1.54, 1.807) is 6.26 Å². The monoisotopic (exact) mass is 310 g/mol. The number of rotatable bonds is 2. The Kier molecular flexibility index (Phi) is 6.55. The minimum absolute atomic E-state index is 0.0821. The molecule has 1 aliphatic heterocycles. The van der Waals surface area contributed by atoms with Gasteiger partial charge in [0.15, 0.2) is 0 Å². The Labute approximate surface area is 130 Å². The molecular weight excluding hydrogens is 284 g/mol. The lowest BCUT2D eigenvalue weighted by atomic mass is 9.62. The van der Waals surface area contributed by atoms with Crippen molar-refractivity contribution in [3.8, 4) is 0 Å². The van der Waals surface area contributed by atoms with Crippen molar-refractivity contribution in [3.63, 3.8) is 0 Å². The van der Waals surface area contributed by atoms with Crippen LogP contribution in [0.3, 0.4) is 0 Å². The second-order valence-corrected chi connectivity index (χ2v) is 5.90. The van der Waals surface area contributed by atoms with Gasteiger partial charge in [-0.15, -0.1) is 0 Å². The number of anilines is 1. The molecule has 1 aromatic carbocycles. The molecule has 21 heavy (non-hydrogen) atoms. The summed E-state index contributed by atoms with van der Waals surface area (Å²) in [5.74, 6) is 0.0821. The molecule has 4 nitrogen and oxygen atoms in total. The zero-order valence-corrected chi connectivity index (χ0v) is 14.3. The van der Waals surface area contributed by atoms with Crippen molar-refractivity contribution < 1.29 is 9.00 Å². The summed E-state index contributed by atoms with van der Waals surface area (Å²) in [6, 6.07) is 8.00. The van der Waals surface area contributed by atoms with Gasteiger partial charge >= 0.3 is 0 Å². The summed E-state index contributed by atoms with van der Waals surface area (Å²) in [6.07, 6.45) is 3.08. The molecule has 1 aliphatic carbocycles. The summed E-state index contributed by atoms with van der Waals surface area (Å²) in [6.45, 7) is 8.00. The maximum absolute atomic E-state index is 12.1. The van der Waals surface area contributed by atoms with Crippen molar-refractivity contribution in [2.75, 3.05) is 11.6 Å². The van der Waals surface area contributed by atoms with E-state index in [4.69, 9.17) is 0 Å². The fourth-order valence-electron chi connectivity index (χ4n) is 2.88.